The second-order valence-corrected chi connectivity index (χ2v) is 10.7. The average molecular weight is 486 g/mol. The normalized spacial score (nSPS) is 15.2. The number of hydrogen-bond donors (Lipinski definition) is 1. The summed E-state index contributed by atoms with van der Waals surface area (Å²) in [5.41, 5.74) is 9.81. The molecular formula is C21H23N7O3S2. The molecule has 1 aliphatic heterocycles. The zero-order valence-electron chi connectivity index (χ0n) is 18.2. The van der Waals surface area contributed by atoms with Gasteiger partial charge < -0.3 is 15.4 Å². The predicted molar refractivity (Wildman–Crippen MR) is 128 cm³/mol. The predicted octanol–water partition coefficient (Wildman–Crippen LogP) is 2.54. The molecule has 0 amide bonds. The van der Waals surface area contributed by atoms with Gasteiger partial charge in [-0.3, -0.25) is 4.57 Å². The number of rotatable bonds is 5. The van der Waals surface area contributed by atoms with Crippen LogP contribution in [0.3, 0.4) is 0 Å². The summed E-state index contributed by atoms with van der Waals surface area (Å²) in [7, 11) is -1.34. The molecule has 0 unspecified atom stereocenters. The fourth-order valence-electron chi connectivity index (χ4n) is 3.94. The van der Waals surface area contributed by atoms with E-state index < -0.39 is 9.84 Å². The third kappa shape index (κ3) is 4.05. The van der Waals surface area contributed by atoms with Crippen molar-refractivity contribution in [1.82, 2.24) is 24.5 Å². The number of thiazole rings is 1. The van der Waals surface area contributed by atoms with Crippen LogP contribution in [0.25, 0.3) is 28.4 Å². The lowest BCUT2D eigenvalue weighted by atomic mass is 10.1. The summed E-state index contributed by atoms with van der Waals surface area (Å²) in [6.07, 6.45) is 2.96. The topological polar surface area (TPSA) is 129 Å². The quantitative estimate of drug-likeness (QED) is 0.453. The van der Waals surface area contributed by atoms with Crippen LogP contribution in [0.2, 0.25) is 0 Å². The minimum atomic E-state index is -3.31. The Balaban J connectivity index is 1.67. The highest BCUT2D eigenvalue weighted by atomic mass is 32.2. The van der Waals surface area contributed by atoms with E-state index in [2.05, 4.69) is 9.97 Å². The molecule has 10 nitrogen and oxygen atoms in total. The van der Waals surface area contributed by atoms with Gasteiger partial charge in [-0.1, -0.05) is 0 Å². The first kappa shape index (κ1) is 21.7. The molecule has 0 radical (unpaired) electrons. The molecule has 1 aliphatic rings. The number of fused-ring (bicyclic) bond motifs is 1. The SMILES string of the molecule is CN(c1nc(N)c2nc(-c3ccc(S(C)(=O)=O)cc3)n(-c3cscn3)c2n1)C1CCOCC1. The number of ether oxygens (including phenoxy) is 1. The van der Waals surface area contributed by atoms with Crippen LogP contribution < -0.4 is 10.6 Å². The molecule has 0 aliphatic carbocycles. The highest BCUT2D eigenvalue weighted by molar-refractivity contribution is 7.90. The van der Waals surface area contributed by atoms with E-state index >= 15 is 0 Å². The largest absolute Gasteiger partial charge is 0.382 e. The van der Waals surface area contributed by atoms with Crippen molar-refractivity contribution < 1.29 is 13.2 Å². The summed E-state index contributed by atoms with van der Waals surface area (Å²) in [6.45, 7) is 1.41. The number of benzene rings is 1. The number of hydrogen-bond acceptors (Lipinski definition) is 10. The van der Waals surface area contributed by atoms with Gasteiger partial charge in [0, 0.05) is 43.5 Å². The minimum absolute atomic E-state index is 0.238. The highest BCUT2D eigenvalue weighted by Crippen LogP contribution is 2.32. The van der Waals surface area contributed by atoms with Crippen molar-refractivity contribution in [2.45, 2.75) is 23.8 Å². The molecule has 2 N–H and O–H groups in total. The molecule has 5 rings (SSSR count). The van der Waals surface area contributed by atoms with Crippen LogP contribution in [0.5, 0.6) is 0 Å². The number of anilines is 2. The van der Waals surface area contributed by atoms with Crippen molar-refractivity contribution in [2.24, 2.45) is 0 Å². The maximum atomic E-state index is 11.9. The molecule has 12 heteroatoms. The third-order valence-corrected chi connectivity index (χ3v) is 7.47. The van der Waals surface area contributed by atoms with Gasteiger partial charge in [0.05, 0.1) is 10.4 Å². The molecule has 1 fully saturated rings. The van der Waals surface area contributed by atoms with Gasteiger partial charge in [-0.2, -0.15) is 9.97 Å². The van der Waals surface area contributed by atoms with Gasteiger partial charge in [0.15, 0.2) is 32.6 Å². The number of nitrogens with zero attached hydrogens (tertiary/aromatic N) is 6. The van der Waals surface area contributed by atoms with Crippen LogP contribution in [-0.4, -0.2) is 65.5 Å². The van der Waals surface area contributed by atoms with E-state index in [0.717, 1.165) is 12.8 Å². The standard InChI is InChI=1S/C21H23N7O3S2/c1-27(14-7-9-31-10-8-14)21-25-18(22)17-20(26-21)28(16-11-32-12-23-16)19(24-17)13-3-5-15(6-4-13)33(2,29)30/h3-6,11-12,14H,7-10H2,1-2H3,(H2,22,25,26). The van der Waals surface area contributed by atoms with E-state index in [9.17, 15) is 8.42 Å². The summed E-state index contributed by atoms with van der Waals surface area (Å²) in [6, 6.07) is 6.83. The molecule has 4 aromatic rings. The van der Waals surface area contributed by atoms with Gasteiger partial charge in [-0.15, -0.1) is 11.3 Å². The number of nitrogens with two attached hydrogens (primary N) is 1. The van der Waals surface area contributed by atoms with Crippen LogP contribution in [0.4, 0.5) is 11.8 Å². The Bertz CT molecular complexity index is 1390. The molecule has 3 aromatic heterocycles. The average Bonchev–Trinajstić information content (AvgIpc) is 3.46. The van der Waals surface area contributed by atoms with Crippen LogP contribution in [0.15, 0.2) is 40.1 Å². The van der Waals surface area contributed by atoms with Gasteiger partial charge in [0.25, 0.3) is 0 Å². The maximum Gasteiger partial charge on any atom is 0.229 e. The maximum absolute atomic E-state index is 11.9. The molecular weight excluding hydrogens is 462 g/mol. The number of nitrogen functional groups attached to an aromatic ring is 1. The lowest BCUT2D eigenvalue weighted by Gasteiger charge is -2.31. The van der Waals surface area contributed by atoms with Gasteiger partial charge >= 0.3 is 0 Å². The molecule has 0 bridgehead atoms. The van der Waals surface area contributed by atoms with Crippen molar-refractivity contribution in [3.8, 4) is 17.2 Å². The first-order chi connectivity index (χ1) is 15.8. The van der Waals surface area contributed by atoms with Crippen molar-refractivity contribution in [3.05, 3.63) is 35.2 Å². The Labute approximate surface area is 195 Å². The van der Waals surface area contributed by atoms with E-state index in [1.54, 1.807) is 29.8 Å². The van der Waals surface area contributed by atoms with E-state index in [0.29, 0.717) is 47.5 Å². The minimum Gasteiger partial charge on any atom is -0.382 e. The first-order valence-corrected chi connectivity index (χ1v) is 13.2. The zero-order chi connectivity index (χ0) is 23.2. The number of sulfone groups is 1. The van der Waals surface area contributed by atoms with Crippen molar-refractivity contribution in [3.63, 3.8) is 0 Å². The van der Waals surface area contributed by atoms with Crippen LogP contribution in [0, 0.1) is 0 Å². The second kappa shape index (κ2) is 8.36. The first-order valence-electron chi connectivity index (χ1n) is 10.4. The van der Waals surface area contributed by atoms with Crippen LogP contribution in [0.1, 0.15) is 12.8 Å². The zero-order valence-corrected chi connectivity index (χ0v) is 19.8. The summed E-state index contributed by atoms with van der Waals surface area (Å²) < 4.78 is 31.1. The van der Waals surface area contributed by atoms with Crippen molar-refractivity contribution in [2.75, 3.05) is 37.2 Å². The summed E-state index contributed by atoms with van der Waals surface area (Å²) in [5.74, 6) is 2.00. The summed E-state index contributed by atoms with van der Waals surface area (Å²) in [5, 5.41) is 1.90. The highest BCUT2D eigenvalue weighted by Gasteiger charge is 2.25. The van der Waals surface area contributed by atoms with E-state index in [1.165, 1.54) is 17.6 Å². The monoisotopic (exact) mass is 485 g/mol. The molecule has 0 atom stereocenters. The molecule has 0 saturated carbocycles. The van der Waals surface area contributed by atoms with Crippen molar-refractivity contribution >= 4 is 44.1 Å². The van der Waals surface area contributed by atoms with Crippen molar-refractivity contribution in [1.29, 1.82) is 0 Å². The fourth-order valence-corrected chi connectivity index (χ4v) is 5.09. The Hall–Kier alpha value is -3.09. The van der Waals surface area contributed by atoms with E-state index in [4.69, 9.17) is 20.4 Å². The Kier molecular flexibility index (Phi) is 5.51. The number of imidazole rings is 1. The molecule has 1 saturated heterocycles. The number of aromatic nitrogens is 5. The molecule has 0 spiro atoms. The Morgan fingerprint density at radius 1 is 1.15 bits per heavy atom. The van der Waals surface area contributed by atoms with E-state index in [-0.39, 0.29) is 16.8 Å². The van der Waals surface area contributed by atoms with Gasteiger partial charge in [-0.25, -0.2) is 18.4 Å². The molecule has 172 valence electrons. The van der Waals surface area contributed by atoms with Crippen LogP contribution in [-0.2, 0) is 14.6 Å². The van der Waals surface area contributed by atoms with Gasteiger partial charge in [-0.05, 0) is 37.1 Å². The van der Waals surface area contributed by atoms with E-state index in [1.807, 2.05) is 21.9 Å². The smallest absolute Gasteiger partial charge is 0.229 e. The molecule has 33 heavy (non-hydrogen) atoms. The fraction of sp³-hybridized carbons (Fsp3) is 0.333. The summed E-state index contributed by atoms with van der Waals surface area (Å²) >= 11 is 1.46. The Morgan fingerprint density at radius 2 is 1.88 bits per heavy atom. The Morgan fingerprint density at radius 3 is 2.52 bits per heavy atom. The second-order valence-electron chi connectivity index (χ2n) is 7.95. The lowest BCUT2D eigenvalue weighted by molar-refractivity contribution is 0.0852. The molecule has 1 aromatic carbocycles. The summed E-state index contributed by atoms with van der Waals surface area (Å²) in [4.78, 5) is 20.8. The molecule has 4 heterocycles. The van der Waals surface area contributed by atoms with Gasteiger partial charge in [0.2, 0.25) is 5.95 Å². The lowest BCUT2D eigenvalue weighted by Crippen LogP contribution is -2.37. The third-order valence-electron chi connectivity index (χ3n) is 5.77. The van der Waals surface area contributed by atoms with Crippen LogP contribution >= 0.6 is 11.3 Å². The van der Waals surface area contributed by atoms with Gasteiger partial charge in [0.1, 0.15) is 5.82 Å².